The van der Waals surface area contributed by atoms with Crippen molar-refractivity contribution in [3.8, 4) is 0 Å². The van der Waals surface area contributed by atoms with Gasteiger partial charge in [0.1, 0.15) is 17.7 Å². The van der Waals surface area contributed by atoms with Crippen LogP contribution in [0.15, 0.2) is 54.6 Å². The molecule has 0 spiro atoms. The van der Waals surface area contributed by atoms with Gasteiger partial charge >= 0.3 is 0 Å². The van der Waals surface area contributed by atoms with Crippen LogP contribution >= 0.6 is 0 Å². The molecule has 5 rings (SSSR count). The number of benzene rings is 2. The van der Waals surface area contributed by atoms with Gasteiger partial charge in [0.2, 0.25) is 11.8 Å². The van der Waals surface area contributed by atoms with Crippen molar-refractivity contribution in [2.45, 2.75) is 38.8 Å². The van der Waals surface area contributed by atoms with Gasteiger partial charge in [-0.05, 0) is 36.0 Å². The number of hydrogen-bond donors (Lipinski definition) is 2. The first-order chi connectivity index (χ1) is 17.4. The number of nitrogens with two attached hydrogens (primary N) is 1. The number of anilines is 1. The van der Waals surface area contributed by atoms with E-state index >= 15 is 0 Å². The Kier molecular flexibility index (Phi) is 6.87. The first-order valence-electron chi connectivity index (χ1n) is 12.8. The Balaban J connectivity index is 1.23. The molecule has 1 saturated heterocycles. The van der Waals surface area contributed by atoms with Crippen LogP contribution in [-0.4, -0.2) is 63.8 Å². The van der Waals surface area contributed by atoms with Crippen molar-refractivity contribution >= 4 is 28.5 Å². The van der Waals surface area contributed by atoms with Gasteiger partial charge in [-0.3, -0.25) is 14.5 Å². The van der Waals surface area contributed by atoms with Crippen molar-refractivity contribution in [2.75, 3.05) is 31.5 Å². The first-order valence-corrected chi connectivity index (χ1v) is 12.8. The molecule has 36 heavy (non-hydrogen) atoms. The monoisotopic (exact) mass is 486 g/mol. The molecule has 188 valence electrons. The molecule has 2 fully saturated rings. The average Bonchev–Trinajstić information content (AvgIpc) is 3.68. The van der Waals surface area contributed by atoms with Crippen molar-refractivity contribution in [3.05, 3.63) is 66.0 Å². The van der Waals surface area contributed by atoms with E-state index < -0.39 is 11.9 Å². The minimum atomic E-state index is -0.521. The zero-order valence-corrected chi connectivity index (χ0v) is 20.9. The van der Waals surface area contributed by atoms with E-state index in [2.05, 4.69) is 22.3 Å². The van der Waals surface area contributed by atoms with E-state index in [-0.39, 0.29) is 17.7 Å². The van der Waals surface area contributed by atoms with Gasteiger partial charge in [0.05, 0.1) is 12.1 Å². The Hall–Kier alpha value is -3.52. The van der Waals surface area contributed by atoms with Crippen molar-refractivity contribution in [3.63, 3.8) is 0 Å². The van der Waals surface area contributed by atoms with Crippen molar-refractivity contribution in [1.29, 1.82) is 0 Å². The van der Waals surface area contributed by atoms with Crippen LogP contribution in [0.2, 0.25) is 0 Å². The standard InChI is InChI=1S/C28H34N6O2/c1-18(2)25(26(29)35)32-27-20-10-6-7-11-23(20)30-24(31-27)17-33-12-14-34(15-13-33)28(36)22-16-21(22)19-8-4-3-5-9-19/h3-11,18,21-22,25H,12-17H2,1-2H3,(H2,29,35)(H,30,31,32)/t21-,22+,25-/m0/s1. The molecule has 2 amide bonds. The first kappa shape index (κ1) is 24.2. The van der Waals surface area contributed by atoms with Crippen molar-refractivity contribution in [2.24, 2.45) is 17.6 Å². The largest absolute Gasteiger partial charge is 0.368 e. The summed E-state index contributed by atoms with van der Waals surface area (Å²) in [5.74, 6) is 1.71. The van der Waals surface area contributed by atoms with Crippen LogP contribution in [0.4, 0.5) is 5.82 Å². The van der Waals surface area contributed by atoms with E-state index in [0.717, 1.165) is 30.4 Å². The minimum absolute atomic E-state index is 0.0262. The number of hydrogen-bond acceptors (Lipinski definition) is 6. The highest BCUT2D eigenvalue weighted by atomic mass is 16.2. The number of para-hydroxylation sites is 1. The fourth-order valence-corrected chi connectivity index (χ4v) is 5.12. The molecule has 2 heterocycles. The van der Waals surface area contributed by atoms with E-state index in [1.807, 2.05) is 61.2 Å². The van der Waals surface area contributed by atoms with Gasteiger partial charge in [-0.15, -0.1) is 0 Å². The second-order valence-corrected chi connectivity index (χ2v) is 10.2. The molecule has 1 aliphatic heterocycles. The minimum Gasteiger partial charge on any atom is -0.368 e. The van der Waals surface area contributed by atoms with Crippen LogP contribution in [0.3, 0.4) is 0 Å². The summed E-state index contributed by atoms with van der Waals surface area (Å²) in [6.07, 6.45) is 0.951. The van der Waals surface area contributed by atoms with Crippen LogP contribution in [0.25, 0.3) is 10.9 Å². The number of nitrogens with one attached hydrogen (secondary N) is 1. The molecule has 3 atom stereocenters. The fourth-order valence-electron chi connectivity index (χ4n) is 5.12. The van der Waals surface area contributed by atoms with Crippen molar-refractivity contribution in [1.82, 2.24) is 19.8 Å². The van der Waals surface area contributed by atoms with Gasteiger partial charge in [-0.1, -0.05) is 56.3 Å². The average molecular weight is 487 g/mol. The summed E-state index contributed by atoms with van der Waals surface area (Å²) in [6, 6.07) is 17.6. The van der Waals surface area contributed by atoms with Crippen LogP contribution in [0.5, 0.6) is 0 Å². The third kappa shape index (κ3) is 5.18. The van der Waals surface area contributed by atoms with E-state index in [9.17, 15) is 9.59 Å². The number of carbonyl (C=O) groups is 2. The zero-order valence-electron chi connectivity index (χ0n) is 20.9. The molecule has 3 N–H and O–H groups in total. The normalized spacial score (nSPS) is 20.9. The molecule has 1 aliphatic carbocycles. The van der Waals surface area contributed by atoms with Crippen molar-refractivity contribution < 1.29 is 9.59 Å². The van der Waals surface area contributed by atoms with E-state index in [4.69, 9.17) is 15.7 Å². The highest BCUT2D eigenvalue weighted by molar-refractivity contribution is 5.92. The predicted octanol–water partition coefficient (Wildman–Crippen LogP) is 3.00. The molecule has 0 unspecified atom stereocenters. The molecule has 8 heteroatoms. The van der Waals surface area contributed by atoms with Gasteiger partial charge in [0, 0.05) is 37.5 Å². The molecule has 2 aromatic carbocycles. The van der Waals surface area contributed by atoms with Crippen LogP contribution in [0, 0.1) is 11.8 Å². The van der Waals surface area contributed by atoms with Crippen LogP contribution in [0.1, 0.15) is 37.6 Å². The number of piperazine rings is 1. The highest BCUT2D eigenvalue weighted by Crippen LogP contribution is 2.48. The molecular weight excluding hydrogens is 452 g/mol. The number of primary amides is 1. The maximum absolute atomic E-state index is 13.0. The molecule has 8 nitrogen and oxygen atoms in total. The van der Waals surface area contributed by atoms with E-state index in [1.165, 1.54) is 5.56 Å². The smallest absolute Gasteiger partial charge is 0.240 e. The number of aromatic nitrogens is 2. The van der Waals surface area contributed by atoms with Gasteiger partial charge in [0.25, 0.3) is 0 Å². The quantitative estimate of drug-likeness (QED) is 0.507. The second-order valence-electron chi connectivity index (χ2n) is 10.2. The summed E-state index contributed by atoms with van der Waals surface area (Å²) in [4.78, 5) is 38.9. The van der Waals surface area contributed by atoms with Gasteiger partial charge in [0.15, 0.2) is 0 Å². The Morgan fingerprint density at radius 1 is 1.00 bits per heavy atom. The zero-order chi connectivity index (χ0) is 25.2. The molecule has 2 aliphatic rings. The summed E-state index contributed by atoms with van der Waals surface area (Å²) in [6.45, 7) is 7.49. The summed E-state index contributed by atoms with van der Waals surface area (Å²) >= 11 is 0. The van der Waals surface area contributed by atoms with E-state index in [0.29, 0.717) is 37.2 Å². The predicted molar refractivity (Wildman–Crippen MR) is 140 cm³/mol. The lowest BCUT2D eigenvalue weighted by molar-refractivity contribution is -0.134. The summed E-state index contributed by atoms with van der Waals surface area (Å²) in [5, 5.41) is 4.12. The Labute approximate surface area is 211 Å². The lowest BCUT2D eigenvalue weighted by Crippen LogP contribution is -2.49. The van der Waals surface area contributed by atoms with Gasteiger partial charge < -0.3 is 16.0 Å². The Morgan fingerprint density at radius 2 is 1.69 bits per heavy atom. The van der Waals surface area contributed by atoms with Crippen LogP contribution in [-0.2, 0) is 16.1 Å². The molecule has 3 aromatic rings. The second kappa shape index (κ2) is 10.2. The highest BCUT2D eigenvalue weighted by Gasteiger charge is 2.46. The summed E-state index contributed by atoms with van der Waals surface area (Å²) in [5.41, 5.74) is 7.73. The maximum Gasteiger partial charge on any atom is 0.240 e. The molecular formula is C28H34N6O2. The summed E-state index contributed by atoms with van der Waals surface area (Å²) < 4.78 is 0. The lowest BCUT2D eigenvalue weighted by Gasteiger charge is -2.34. The number of carbonyl (C=O) groups excluding carboxylic acids is 2. The lowest BCUT2D eigenvalue weighted by atomic mass is 10.0. The maximum atomic E-state index is 13.0. The SMILES string of the molecule is CC(C)[C@H](Nc1nc(CN2CCN(C(=O)[C@@H]3C[C@H]3c3ccccc3)CC2)nc2ccccc12)C(N)=O. The topological polar surface area (TPSA) is 104 Å². The fraction of sp³-hybridized carbons (Fsp3) is 0.429. The van der Waals surface area contributed by atoms with Gasteiger partial charge in [-0.2, -0.15) is 0 Å². The number of rotatable bonds is 8. The number of nitrogens with zero attached hydrogens (tertiary/aromatic N) is 4. The third-order valence-corrected chi connectivity index (χ3v) is 7.30. The van der Waals surface area contributed by atoms with E-state index in [1.54, 1.807) is 0 Å². The molecule has 1 aromatic heterocycles. The Bertz CT molecular complexity index is 1240. The number of fused-ring (bicyclic) bond motifs is 1. The molecule has 1 saturated carbocycles. The summed E-state index contributed by atoms with van der Waals surface area (Å²) in [7, 11) is 0. The Morgan fingerprint density at radius 3 is 2.39 bits per heavy atom. The van der Waals surface area contributed by atoms with Gasteiger partial charge in [-0.25, -0.2) is 9.97 Å². The van der Waals surface area contributed by atoms with Crippen LogP contribution < -0.4 is 11.1 Å². The molecule has 0 bridgehead atoms. The molecule has 0 radical (unpaired) electrons. The number of amides is 2. The third-order valence-electron chi connectivity index (χ3n) is 7.30.